The monoisotopic (exact) mass is 258 g/mol. The minimum atomic E-state index is 0.654. The van der Waals surface area contributed by atoms with E-state index in [-0.39, 0.29) is 0 Å². The molecule has 0 N–H and O–H groups in total. The number of nitrogens with zero attached hydrogens (tertiary/aromatic N) is 2. The van der Waals surface area contributed by atoms with Gasteiger partial charge in [0.05, 0.1) is 32.9 Å². The molecule has 0 amide bonds. The maximum absolute atomic E-state index is 5.20. The van der Waals surface area contributed by atoms with Crippen molar-refractivity contribution in [1.82, 2.24) is 0 Å². The summed E-state index contributed by atoms with van der Waals surface area (Å²) in [4.78, 5) is 0. The Bertz CT molecular complexity index is 574. The highest BCUT2D eigenvalue weighted by molar-refractivity contribution is 5.82. The van der Waals surface area contributed by atoms with E-state index < -0.39 is 0 Å². The van der Waals surface area contributed by atoms with Crippen LogP contribution in [-0.4, -0.2) is 26.6 Å². The van der Waals surface area contributed by atoms with Crippen molar-refractivity contribution in [3.8, 4) is 11.5 Å². The Kier molecular flexibility index (Phi) is 4.34. The van der Waals surface area contributed by atoms with Crippen LogP contribution in [0.2, 0.25) is 0 Å². The van der Waals surface area contributed by atoms with Crippen molar-refractivity contribution in [3.05, 3.63) is 47.9 Å². The minimum absolute atomic E-state index is 0.654. The van der Waals surface area contributed by atoms with Crippen LogP contribution in [0.25, 0.3) is 0 Å². The zero-order chi connectivity index (χ0) is 13.5. The molecule has 0 spiro atoms. The average Bonchev–Trinajstić information content (AvgIpc) is 2.96. The van der Waals surface area contributed by atoms with Gasteiger partial charge in [0.2, 0.25) is 0 Å². The molecule has 0 fully saturated rings. The van der Waals surface area contributed by atoms with Crippen LogP contribution in [0.1, 0.15) is 11.3 Å². The lowest BCUT2D eigenvalue weighted by molar-refractivity contribution is 0.355. The molecule has 0 atom stereocenters. The Morgan fingerprint density at radius 1 is 1.00 bits per heavy atom. The van der Waals surface area contributed by atoms with Crippen LogP contribution in [0.15, 0.2) is 51.2 Å². The molecular weight excluding hydrogens is 244 g/mol. The van der Waals surface area contributed by atoms with E-state index in [9.17, 15) is 0 Å². The van der Waals surface area contributed by atoms with Crippen molar-refractivity contribution in [3.63, 3.8) is 0 Å². The molecule has 0 aliphatic carbocycles. The third-order valence-corrected chi connectivity index (χ3v) is 2.41. The first-order chi connectivity index (χ1) is 9.33. The van der Waals surface area contributed by atoms with Gasteiger partial charge in [-0.25, -0.2) is 0 Å². The van der Waals surface area contributed by atoms with E-state index in [0.29, 0.717) is 17.3 Å². The van der Waals surface area contributed by atoms with Gasteiger partial charge < -0.3 is 13.9 Å². The SMILES string of the molecule is COc1ccc(C=N/N=C/c2ccco2)cc1OC. The normalized spacial score (nSPS) is 11.3. The van der Waals surface area contributed by atoms with E-state index in [1.54, 1.807) is 38.8 Å². The third-order valence-electron chi connectivity index (χ3n) is 2.41. The fourth-order valence-electron chi connectivity index (χ4n) is 1.49. The molecule has 0 bridgehead atoms. The van der Waals surface area contributed by atoms with E-state index in [2.05, 4.69) is 10.2 Å². The van der Waals surface area contributed by atoms with Crippen molar-refractivity contribution in [2.75, 3.05) is 14.2 Å². The summed E-state index contributed by atoms with van der Waals surface area (Å²) in [6, 6.07) is 9.10. The summed E-state index contributed by atoms with van der Waals surface area (Å²) in [5.74, 6) is 1.99. The highest BCUT2D eigenvalue weighted by Gasteiger charge is 2.02. The zero-order valence-electron chi connectivity index (χ0n) is 10.7. The number of benzene rings is 1. The maximum Gasteiger partial charge on any atom is 0.161 e. The first-order valence-electron chi connectivity index (χ1n) is 5.65. The van der Waals surface area contributed by atoms with E-state index in [0.717, 1.165) is 5.56 Å². The molecule has 5 heteroatoms. The Morgan fingerprint density at radius 2 is 1.79 bits per heavy atom. The second kappa shape index (κ2) is 6.39. The number of ether oxygens (including phenoxy) is 2. The predicted octanol–water partition coefficient (Wildman–Crippen LogP) is 2.75. The molecule has 5 nitrogen and oxygen atoms in total. The highest BCUT2D eigenvalue weighted by atomic mass is 16.5. The second-order valence-corrected chi connectivity index (χ2v) is 3.62. The number of furan rings is 1. The van der Waals surface area contributed by atoms with Gasteiger partial charge in [-0.1, -0.05) is 0 Å². The van der Waals surface area contributed by atoms with Gasteiger partial charge in [-0.15, -0.1) is 0 Å². The second-order valence-electron chi connectivity index (χ2n) is 3.62. The molecule has 0 unspecified atom stereocenters. The number of hydrogen-bond donors (Lipinski definition) is 0. The lowest BCUT2D eigenvalue weighted by Crippen LogP contribution is -1.91. The van der Waals surface area contributed by atoms with Crippen LogP contribution in [-0.2, 0) is 0 Å². The van der Waals surface area contributed by atoms with Crippen LogP contribution in [0.3, 0.4) is 0 Å². The quantitative estimate of drug-likeness (QED) is 0.612. The summed E-state index contributed by atoms with van der Waals surface area (Å²) in [6.45, 7) is 0. The predicted molar refractivity (Wildman–Crippen MR) is 73.4 cm³/mol. The highest BCUT2D eigenvalue weighted by Crippen LogP contribution is 2.26. The van der Waals surface area contributed by atoms with Gasteiger partial charge in [0, 0.05) is 0 Å². The molecule has 19 heavy (non-hydrogen) atoms. The van der Waals surface area contributed by atoms with Crippen LogP contribution in [0.4, 0.5) is 0 Å². The minimum Gasteiger partial charge on any atom is -0.493 e. The van der Waals surface area contributed by atoms with Gasteiger partial charge in [0.1, 0.15) is 5.76 Å². The number of hydrogen-bond acceptors (Lipinski definition) is 5. The van der Waals surface area contributed by atoms with Gasteiger partial charge in [-0.05, 0) is 35.9 Å². The summed E-state index contributed by atoms with van der Waals surface area (Å²) >= 11 is 0. The van der Waals surface area contributed by atoms with E-state index in [1.807, 2.05) is 18.2 Å². The summed E-state index contributed by atoms with van der Waals surface area (Å²) in [5, 5.41) is 7.82. The molecule has 0 saturated heterocycles. The fourth-order valence-corrected chi connectivity index (χ4v) is 1.49. The van der Waals surface area contributed by atoms with Crippen LogP contribution >= 0.6 is 0 Å². The van der Waals surface area contributed by atoms with Crippen LogP contribution in [0.5, 0.6) is 11.5 Å². The Balaban J connectivity index is 2.06. The first kappa shape index (κ1) is 12.9. The van der Waals surface area contributed by atoms with Gasteiger partial charge in [0.15, 0.2) is 11.5 Å². The summed E-state index contributed by atoms with van der Waals surface area (Å²) in [7, 11) is 3.19. The largest absolute Gasteiger partial charge is 0.493 e. The summed E-state index contributed by atoms with van der Waals surface area (Å²) in [5.41, 5.74) is 0.870. The first-order valence-corrected chi connectivity index (χ1v) is 5.65. The molecule has 0 aliphatic heterocycles. The van der Waals surface area contributed by atoms with Crippen molar-refractivity contribution < 1.29 is 13.9 Å². The van der Waals surface area contributed by atoms with Crippen molar-refractivity contribution in [2.45, 2.75) is 0 Å². The number of rotatable bonds is 5. The Hall–Kier alpha value is -2.56. The molecule has 2 rings (SSSR count). The molecule has 1 aromatic carbocycles. The molecular formula is C14H14N2O3. The standard InChI is InChI=1S/C14H14N2O3/c1-17-13-6-5-11(8-14(13)18-2)9-15-16-10-12-4-3-7-19-12/h3-10H,1-2H3/b15-9?,16-10+. The van der Waals surface area contributed by atoms with E-state index in [1.165, 1.54) is 6.21 Å². The van der Waals surface area contributed by atoms with Gasteiger partial charge in [-0.2, -0.15) is 10.2 Å². The Labute approximate surface area is 111 Å². The van der Waals surface area contributed by atoms with Crippen LogP contribution < -0.4 is 9.47 Å². The Morgan fingerprint density at radius 3 is 2.47 bits per heavy atom. The van der Waals surface area contributed by atoms with Gasteiger partial charge in [0.25, 0.3) is 0 Å². The summed E-state index contributed by atoms with van der Waals surface area (Å²) in [6.07, 6.45) is 4.75. The van der Waals surface area contributed by atoms with Gasteiger partial charge >= 0.3 is 0 Å². The van der Waals surface area contributed by atoms with Crippen molar-refractivity contribution in [2.24, 2.45) is 10.2 Å². The molecule has 2 aromatic rings. The van der Waals surface area contributed by atoms with Crippen molar-refractivity contribution in [1.29, 1.82) is 0 Å². The third kappa shape index (κ3) is 3.45. The summed E-state index contributed by atoms with van der Waals surface area (Å²) < 4.78 is 15.4. The number of methoxy groups -OCH3 is 2. The molecule has 0 aliphatic rings. The maximum atomic E-state index is 5.20. The lowest BCUT2D eigenvalue weighted by atomic mass is 10.2. The van der Waals surface area contributed by atoms with Crippen molar-refractivity contribution >= 4 is 12.4 Å². The molecule has 0 saturated carbocycles. The molecule has 98 valence electrons. The van der Waals surface area contributed by atoms with E-state index >= 15 is 0 Å². The molecule has 0 radical (unpaired) electrons. The molecule has 1 aromatic heterocycles. The zero-order valence-corrected chi connectivity index (χ0v) is 10.7. The lowest BCUT2D eigenvalue weighted by Gasteiger charge is -2.06. The smallest absolute Gasteiger partial charge is 0.161 e. The van der Waals surface area contributed by atoms with E-state index in [4.69, 9.17) is 13.9 Å². The molecule has 1 heterocycles. The average molecular weight is 258 g/mol. The fraction of sp³-hybridized carbons (Fsp3) is 0.143. The van der Waals surface area contributed by atoms with Gasteiger partial charge in [-0.3, -0.25) is 0 Å². The topological polar surface area (TPSA) is 56.3 Å². The van der Waals surface area contributed by atoms with Crippen LogP contribution in [0, 0.1) is 0 Å².